The van der Waals surface area contributed by atoms with Gasteiger partial charge in [0, 0.05) is 13.1 Å². The van der Waals surface area contributed by atoms with E-state index in [0.29, 0.717) is 25.6 Å². The Labute approximate surface area is 155 Å². The summed E-state index contributed by atoms with van der Waals surface area (Å²) in [6, 6.07) is 12.3. The van der Waals surface area contributed by atoms with Gasteiger partial charge in [0.2, 0.25) is 5.89 Å². The molecule has 2 heterocycles. The third-order valence-corrected chi connectivity index (χ3v) is 4.64. The summed E-state index contributed by atoms with van der Waals surface area (Å²) >= 11 is 0. The Morgan fingerprint density at radius 1 is 1.30 bits per heavy atom. The summed E-state index contributed by atoms with van der Waals surface area (Å²) in [5, 5.41) is 5.83. The Kier molecular flexibility index (Phi) is 4.74. The quantitative estimate of drug-likeness (QED) is 0.733. The maximum absolute atomic E-state index is 11.1. The number of amides is 1. The summed E-state index contributed by atoms with van der Waals surface area (Å²) in [5.41, 5.74) is 6.27. The molecule has 0 bridgehead atoms. The van der Waals surface area contributed by atoms with Crippen molar-refractivity contribution < 1.29 is 18.8 Å². The second kappa shape index (κ2) is 7.34. The van der Waals surface area contributed by atoms with Crippen LogP contribution in [-0.4, -0.2) is 47.8 Å². The highest BCUT2D eigenvalue weighted by Crippen LogP contribution is 2.28. The van der Waals surface area contributed by atoms with Crippen LogP contribution in [0, 0.1) is 0 Å². The van der Waals surface area contributed by atoms with Gasteiger partial charge >= 0.3 is 0 Å². The number of hydrogen-bond acceptors (Lipinski definition) is 7. The lowest BCUT2D eigenvalue weighted by Crippen LogP contribution is -2.37. The Balaban J connectivity index is 1.48. The van der Waals surface area contributed by atoms with Gasteiger partial charge in [-0.3, -0.25) is 9.69 Å². The third kappa shape index (κ3) is 3.76. The molecule has 0 unspecified atom stereocenters. The molecule has 8 heteroatoms. The van der Waals surface area contributed by atoms with E-state index in [4.69, 9.17) is 19.7 Å². The van der Waals surface area contributed by atoms with Crippen molar-refractivity contribution in [3.8, 4) is 5.75 Å². The molecule has 0 aliphatic carbocycles. The van der Waals surface area contributed by atoms with Gasteiger partial charge in [0.15, 0.2) is 0 Å². The number of ether oxygens (including phenoxy) is 2. The first kappa shape index (κ1) is 17.4. The van der Waals surface area contributed by atoms with Crippen molar-refractivity contribution in [3.05, 3.63) is 53.7 Å². The fourth-order valence-electron chi connectivity index (χ4n) is 3.23. The fourth-order valence-corrected chi connectivity index (χ4v) is 3.23. The predicted octanol–water partition coefficient (Wildman–Crippen LogP) is 1.90. The van der Waals surface area contributed by atoms with E-state index in [2.05, 4.69) is 33.2 Å². The smallest absolute Gasteiger partial charge is 0.290 e. The summed E-state index contributed by atoms with van der Waals surface area (Å²) in [7, 11) is 1.66. The number of morpholine rings is 1. The Morgan fingerprint density at radius 2 is 2.11 bits per heavy atom. The monoisotopic (exact) mass is 368 g/mol. The van der Waals surface area contributed by atoms with E-state index >= 15 is 0 Å². The molecule has 4 rings (SSSR count). The van der Waals surface area contributed by atoms with Crippen LogP contribution < -0.4 is 10.5 Å². The number of rotatable bonds is 5. The number of carbonyl (C=O) groups excluding carboxylic acids is 1. The summed E-state index contributed by atoms with van der Waals surface area (Å²) in [6.07, 6.45) is -0.0521. The maximum atomic E-state index is 11.1. The lowest BCUT2D eigenvalue weighted by molar-refractivity contribution is -0.0355. The van der Waals surface area contributed by atoms with Crippen molar-refractivity contribution in [1.82, 2.24) is 15.0 Å². The van der Waals surface area contributed by atoms with Crippen LogP contribution in [0.2, 0.25) is 0 Å². The number of nitrogens with zero attached hydrogens (tertiary/aromatic N) is 3. The highest BCUT2D eigenvalue weighted by atomic mass is 16.5. The molecule has 1 aliphatic heterocycles. The first-order chi connectivity index (χ1) is 13.1. The van der Waals surface area contributed by atoms with Crippen molar-refractivity contribution in [3.63, 3.8) is 0 Å². The standard InChI is InChI=1S/C19H20N4O4/c1-25-15-5-4-12-8-14(3-2-13(12)9-15)16-10-23(6-7-26-16)11-17-21-19(18(20)24)22-27-17/h2-5,8-9,16H,6-7,10-11H2,1H3,(H2,20,24)/t16-/m0/s1. The van der Waals surface area contributed by atoms with Gasteiger partial charge in [-0.2, -0.15) is 4.98 Å². The minimum atomic E-state index is -0.697. The van der Waals surface area contributed by atoms with Gasteiger partial charge in [-0.1, -0.05) is 23.4 Å². The van der Waals surface area contributed by atoms with Gasteiger partial charge in [0.05, 0.1) is 26.4 Å². The molecule has 0 spiro atoms. The molecular formula is C19H20N4O4. The lowest BCUT2D eigenvalue weighted by atomic mass is 10.0. The van der Waals surface area contributed by atoms with E-state index in [9.17, 15) is 4.79 Å². The van der Waals surface area contributed by atoms with Crippen molar-refractivity contribution in [2.24, 2.45) is 5.73 Å². The van der Waals surface area contributed by atoms with Crippen LogP contribution in [0.5, 0.6) is 5.75 Å². The van der Waals surface area contributed by atoms with E-state index in [-0.39, 0.29) is 11.9 Å². The van der Waals surface area contributed by atoms with Crippen molar-refractivity contribution in [2.75, 3.05) is 26.8 Å². The summed E-state index contributed by atoms with van der Waals surface area (Å²) in [4.78, 5) is 17.3. The highest BCUT2D eigenvalue weighted by Gasteiger charge is 2.24. The van der Waals surface area contributed by atoms with Crippen molar-refractivity contribution >= 4 is 16.7 Å². The molecule has 27 heavy (non-hydrogen) atoms. The average molecular weight is 368 g/mol. The van der Waals surface area contributed by atoms with Gasteiger partial charge in [-0.15, -0.1) is 0 Å². The Bertz CT molecular complexity index is 971. The predicted molar refractivity (Wildman–Crippen MR) is 97.3 cm³/mol. The summed E-state index contributed by atoms with van der Waals surface area (Å²) < 4.78 is 16.3. The number of hydrogen-bond donors (Lipinski definition) is 1. The molecule has 140 valence electrons. The minimum absolute atomic E-state index is 0.0521. The number of nitrogens with two attached hydrogens (primary N) is 1. The van der Waals surface area contributed by atoms with E-state index in [1.54, 1.807) is 7.11 Å². The first-order valence-electron chi connectivity index (χ1n) is 8.66. The maximum Gasteiger partial charge on any atom is 0.290 e. The van der Waals surface area contributed by atoms with Gasteiger partial charge in [-0.05, 0) is 34.5 Å². The van der Waals surface area contributed by atoms with E-state index in [1.807, 2.05) is 18.2 Å². The number of aromatic nitrogens is 2. The molecule has 1 aromatic heterocycles. The van der Waals surface area contributed by atoms with Crippen LogP contribution in [0.25, 0.3) is 10.8 Å². The van der Waals surface area contributed by atoms with Crippen LogP contribution in [-0.2, 0) is 11.3 Å². The van der Waals surface area contributed by atoms with Gasteiger partial charge < -0.3 is 19.7 Å². The van der Waals surface area contributed by atoms with Gasteiger partial charge in [-0.25, -0.2) is 0 Å². The molecule has 1 saturated heterocycles. The Hall–Kier alpha value is -2.97. The number of carbonyl (C=O) groups is 1. The van der Waals surface area contributed by atoms with Crippen LogP contribution >= 0.6 is 0 Å². The second-order valence-corrected chi connectivity index (χ2v) is 6.44. The summed E-state index contributed by atoms with van der Waals surface area (Å²) in [5.74, 6) is 0.415. The lowest BCUT2D eigenvalue weighted by Gasteiger charge is -2.32. The van der Waals surface area contributed by atoms with Gasteiger partial charge in [0.1, 0.15) is 5.75 Å². The van der Waals surface area contributed by atoms with Crippen LogP contribution in [0.4, 0.5) is 0 Å². The minimum Gasteiger partial charge on any atom is -0.497 e. The Morgan fingerprint density at radius 3 is 2.89 bits per heavy atom. The zero-order chi connectivity index (χ0) is 18.8. The third-order valence-electron chi connectivity index (χ3n) is 4.64. The van der Waals surface area contributed by atoms with Crippen LogP contribution in [0.3, 0.4) is 0 Å². The zero-order valence-corrected chi connectivity index (χ0v) is 14.9. The van der Waals surface area contributed by atoms with Crippen LogP contribution in [0.15, 0.2) is 40.9 Å². The molecule has 2 aromatic carbocycles. The number of primary amides is 1. The molecule has 1 fully saturated rings. The van der Waals surface area contributed by atoms with Crippen molar-refractivity contribution in [2.45, 2.75) is 12.6 Å². The average Bonchev–Trinajstić information content (AvgIpc) is 3.16. The van der Waals surface area contributed by atoms with Gasteiger partial charge in [0.25, 0.3) is 11.7 Å². The molecule has 3 aromatic rings. The zero-order valence-electron chi connectivity index (χ0n) is 14.9. The van der Waals surface area contributed by atoms with Crippen molar-refractivity contribution in [1.29, 1.82) is 0 Å². The van der Waals surface area contributed by atoms with E-state index < -0.39 is 5.91 Å². The first-order valence-corrected chi connectivity index (χ1v) is 8.66. The molecule has 0 saturated carbocycles. The molecule has 2 N–H and O–H groups in total. The molecular weight excluding hydrogens is 348 g/mol. The van der Waals surface area contributed by atoms with Crippen LogP contribution in [0.1, 0.15) is 28.2 Å². The fraction of sp³-hybridized carbons (Fsp3) is 0.316. The van der Waals surface area contributed by atoms with E-state index in [0.717, 1.165) is 28.6 Å². The number of benzene rings is 2. The molecule has 1 atom stereocenters. The molecule has 8 nitrogen and oxygen atoms in total. The number of methoxy groups -OCH3 is 1. The topological polar surface area (TPSA) is 104 Å². The molecule has 1 amide bonds. The molecule has 1 aliphatic rings. The number of fused-ring (bicyclic) bond motifs is 1. The highest BCUT2D eigenvalue weighted by molar-refractivity contribution is 5.88. The SMILES string of the molecule is COc1ccc2cc([C@@H]3CN(Cc4nc(C(N)=O)no4)CCO3)ccc2c1. The van der Waals surface area contributed by atoms with E-state index in [1.165, 1.54) is 0 Å². The second-order valence-electron chi connectivity index (χ2n) is 6.44. The normalized spacial score (nSPS) is 17.9. The molecule has 0 radical (unpaired) electrons. The largest absolute Gasteiger partial charge is 0.497 e. The summed E-state index contributed by atoms with van der Waals surface area (Å²) in [6.45, 7) is 2.48.